The van der Waals surface area contributed by atoms with E-state index >= 15 is 0 Å². The fourth-order valence-corrected chi connectivity index (χ4v) is 3.37. The summed E-state index contributed by atoms with van der Waals surface area (Å²) in [6.07, 6.45) is 4.45. The van der Waals surface area contributed by atoms with Crippen LogP contribution in [-0.2, 0) is 16.9 Å². The summed E-state index contributed by atoms with van der Waals surface area (Å²) in [6, 6.07) is 5.38. The van der Waals surface area contributed by atoms with Crippen molar-refractivity contribution in [2.24, 2.45) is 0 Å². The molecule has 0 aliphatic carbocycles. The Balaban J connectivity index is 1.99. The number of ether oxygens (including phenoxy) is 1. The number of aromatic nitrogens is 3. The molecule has 21 heavy (non-hydrogen) atoms. The summed E-state index contributed by atoms with van der Waals surface area (Å²) in [4.78, 5) is 3.96. The predicted octanol–water partition coefficient (Wildman–Crippen LogP) is 2.65. The number of benzene rings is 1. The van der Waals surface area contributed by atoms with E-state index in [0.29, 0.717) is 16.6 Å². The van der Waals surface area contributed by atoms with Crippen LogP contribution in [0.5, 0.6) is 0 Å². The fraction of sp³-hybridized carbons (Fsp3) is 0.429. The monoisotopic (exact) mass is 327 g/mol. The van der Waals surface area contributed by atoms with Crippen molar-refractivity contribution in [2.45, 2.75) is 31.1 Å². The number of aliphatic hydroxyl groups excluding tert-OH is 1. The molecule has 3 rings (SSSR count). The number of nitrogens with zero attached hydrogens (tertiary/aromatic N) is 3. The van der Waals surface area contributed by atoms with Crippen molar-refractivity contribution >= 4 is 23.2 Å². The summed E-state index contributed by atoms with van der Waals surface area (Å²) in [5.41, 5.74) is 0.239. The van der Waals surface area contributed by atoms with Crippen LogP contribution >= 0.6 is 23.2 Å². The van der Waals surface area contributed by atoms with Crippen molar-refractivity contribution < 1.29 is 9.84 Å². The molecule has 1 aliphatic rings. The Labute approximate surface area is 132 Å². The van der Waals surface area contributed by atoms with Gasteiger partial charge in [-0.3, -0.25) is 0 Å². The standard InChI is InChI=1S/C14H15Cl2N3O2/c15-10-1-2-12(13(16)5-10)14(4-3-11(6-20)21-14)7-19-9-17-8-18-19/h1-2,5,8-9,11,20H,3-4,6-7H2/t11-,14+/m0/s1. The van der Waals surface area contributed by atoms with Gasteiger partial charge in [-0.05, 0) is 25.0 Å². The van der Waals surface area contributed by atoms with Gasteiger partial charge in [0.1, 0.15) is 18.3 Å². The van der Waals surface area contributed by atoms with Crippen LogP contribution < -0.4 is 0 Å². The van der Waals surface area contributed by atoms with Crippen LogP contribution in [0, 0.1) is 0 Å². The van der Waals surface area contributed by atoms with Crippen molar-refractivity contribution in [3.05, 3.63) is 46.5 Å². The van der Waals surface area contributed by atoms with E-state index in [1.807, 2.05) is 6.07 Å². The molecule has 7 heteroatoms. The van der Waals surface area contributed by atoms with Crippen LogP contribution in [0.1, 0.15) is 18.4 Å². The minimum atomic E-state index is -0.622. The van der Waals surface area contributed by atoms with Crippen molar-refractivity contribution in [3.8, 4) is 0 Å². The number of hydrogen-bond acceptors (Lipinski definition) is 4. The summed E-state index contributed by atoms with van der Waals surface area (Å²) in [5, 5.41) is 14.6. The smallest absolute Gasteiger partial charge is 0.137 e. The highest BCUT2D eigenvalue weighted by atomic mass is 35.5. The van der Waals surface area contributed by atoms with Gasteiger partial charge < -0.3 is 9.84 Å². The second-order valence-electron chi connectivity index (χ2n) is 5.17. The Morgan fingerprint density at radius 3 is 2.90 bits per heavy atom. The van der Waals surface area contributed by atoms with E-state index < -0.39 is 5.60 Å². The minimum Gasteiger partial charge on any atom is -0.394 e. The lowest BCUT2D eigenvalue weighted by atomic mass is 9.90. The van der Waals surface area contributed by atoms with Gasteiger partial charge in [-0.1, -0.05) is 29.3 Å². The molecule has 0 radical (unpaired) electrons. The highest BCUT2D eigenvalue weighted by Gasteiger charge is 2.43. The number of halogens is 2. The molecule has 0 amide bonds. The van der Waals surface area contributed by atoms with Crippen molar-refractivity contribution in [1.29, 1.82) is 0 Å². The average molecular weight is 328 g/mol. The molecule has 1 saturated heterocycles. The molecule has 1 fully saturated rings. The molecular weight excluding hydrogens is 313 g/mol. The van der Waals surface area contributed by atoms with E-state index in [9.17, 15) is 5.11 Å². The molecule has 1 aliphatic heterocycles. The normalized spacial score (nSPS) is 25.4. The van der Waals surface area contributed by atoms with Gasteiger partial charge in [0.15, 0.2) is 0 Å². The molecule has 1 N–H and O–H groups in total. The van der Waals surface area contributed by atoms with Gasteiger partial charge in [-0.25, -0.2) is 9.67 Å². The van der Waals surface area contributed by atoms with Gasteiger partial charge in [-0.15, -0.1) is 0 Å². The number of rotatable bonds is 4. The lowest BCUT2D eigenvalue weighted by Gasteiger charge is -2.30. The SMILES string of the molecule is OC[C@@H]1CC[C@@](Cn2cncn2)(c2ccc(Cl)cc2Cl)O1. The molecular formula is C14H15Cl2N3O2. The van der Waals surface area contributed by atoms with E-state index in [-0.39, 0.29) is 12.7 Å². The molecule has 0 bridgehead atoms. The summed E-state index contributed by atoms with van der Waals surface area (Å²) in [7, 11) is 0. The molecule has 2 heterocycles. The zero-order chi connectivity index (χ0) is 14.9. The Morgan fingerprint density at radius 2 is 2.29 bits per heavy atom. The van der Waals surface area contributed by atoms with Crippen molar-refractivity contribution in [2.75, 3.05) is 6.61 Å². The van der Waals surface area contributed by atoms with Crippen LogP contribution in [0.25, 0.3) is 0 Å². The highest BCUT2D eigenvalue weighted by Crippen LogP contribution is 2.43. The maximum atomic E-state index is 9.37. The zero-order valence-electron chi connectivity index (χ0n) is 11.2. The largest absolute Gasteiger partial charge is 0.394 e. The Bertz CT molecular complexity index is 621. The van der Waals surface area contributed by atoms with Crippen molar-refractivity contribution in [3.63, 3.8) is 0 Å². The summed E-state index contributed by atoms with van der Waals surface area (Å²) >= 11 is 12.3. The highest BCUT2D eigenvalue weighted by molar-refractivity contribution is 6.35. The molecule has 2 atom stereocenters. The fourth-order valence-electron chi connectivity index (χ4n) is 2.79. The maximum Gasteiger partial charge on any atom is 0.137 e. The summed E-state index contributed by atoms with van der Waals surface area (Å²) in [6.45, 7) is 0.481. The van der Waals surface area contributed by atoms with Crippen molar-refractivity contribution in [1.82, 2.24) is 14.8 Å². The molecule has 0 saturated carbocycles. The summed E-state index contributed by atoms with van der Waals surface area (Å²) < 4.78 is 7.83. The molecule has 0 spiro atoms. The van der Waals surface area contributed by atoms with E-state index in [4.69, 9.17) is 27.9 Å². The molecule has 2 aromatic rings. The van der Waals surface area contributed by atoms with Crippen LogP contribution in [0.4, 0.5) is 0 Å². The van der Waals surface area contributed by atoms with E-state index in [2.05, 4.69) is 10.1 Å². The lowest BCUT2D eigenvalue weighted by molar-refractivity contribution is -0.0747. The molecule has 112 valence electrons. The van der Waals surface area contributed by atoms with Crippen LogP contribution in [0.3, 0.4) is 0 Å². The second-order valence-corrected chi connectivity index (χ2v) is 6.02. The maximum absolute atomic E-state index is 9.37. The quantitative estimate of drug-likeness (QED) is 0.937. The van der Waals surface area contributed by atoms with Crippen LogP contribution in [0.15, 0.2) is 30.9 Å². The van der Waals surface area contributed by atoms with Gasteiger partial charge in [0.25, 0.3) is 0 Å². The lowest BCUT2D eigenvalue weighted by Crippen LogP contribution is -2.33. The number of hydrogen-bond donors (Lipinski definition) is 1. The molecule has 5 nitrogen and oxygen atoms in total. The van der Waals surface area contributed by atoms with Gasteiger partial charge in [0.2, 0.25) is 0 Å². The van der Waals surface area contributed by atoms with Gasteiger partial charge in [-0.2, -0.15) is 5.10 Å². The van der Waals surface area contributed by atoms with Gasteiger partial charge >= 0.3 is 0 Å². The minimum absolute atomic E-state index is 0.00961. The average Bonchev–Trinajstić information content (AvgIpc) is 3.09. The first kappa shape index (κ1) is 14.8. The second kappa shape index (κ2) is 5.93. The van der Waals surface area contributed by atoms with E-state index in [0.717, 1.165) is 18.4 Å². The molecule has 1 aromatic heterocycles. The molecule has 1 aromatic carbocycles. The van der Waals surface area contributed by atoms with Gasteiger partial charge in [0, 0.05) is 15.6 Å². The first-order valence-electron chi connectivity index (χ1n) is 6.69. The van der Waals surface area contributed by atoms with Crippen LogP contribution in [0.2, 0.25) is 10.0 Å². The van der Waals surface area contributed by atoms with E-state index in [1.54, 1.807) is 23.1 Å². The Morgan fingerprint density at radius 1 is 1.43 bits per heavy atom. The zero-order valence-corrected chi connectivity index (χ0v) is 12.8. The first-order valence-corrected chi connectivity index (χ1v) is 7.45. The first-order chi connectivity index (χ1) is 10.1. The number of aliphatic hydroxyl groups is 1. The Kier molecular flexibility index (Phi) is 4.17. The summed E-state index contributed by atoms with van der Waals surface area (Å²) in [5.74, 6) is 0. The topological polar surface area (TPSA) is 60.2 Å². The van der Waals surface area contributed by atoms with Crippen LogP contribution in [-0.4, -0.2) is 32.6 Å². The predicted molar refractivity (Wildman–Crippen MR) is 79.4 cm³/mol. The molecule has 0 unspecified atom stereocenters. The third-order valence-corrected chi connectivity index (χ3v) is 4.32. The van der Waals surface area contributed by atoms with Gasteiger partial charge in [0.05, 0.1) is 19.3 Å². The third kappa shape index (κ3) is 2.92. The van der Waals surface area contributed by atoms with E-state index in [1.165, 1.54) is 6.33 Å². The Hall–Kier alpha value is -1.14. The third-order valence-electron chi connectivity index (χ3n) is 3.77.